The summed E-state index contributed by atoms with van der Waals surface area (Å²) in [6, 6.07) is 1.12. The third-order valence-electron chi connectivity index (χ3n) is 5.00. The highest BCUT2D eigenvalue weighted by Crippen LogP contribution is 2.17. The minimum absolute atomic E-state index is 0.00335. The third-order valence-corrected chi connectivity index (χ3v) is 5.00. The van der Waals surface area contributed by atoms with Gasteiger partial charge in [-0.1, -0.05) is 0 Å². The summed E-state index contributed by atoms with van der Waals surface area (Å²) in [5.41, 5.74) is -0.207. The van der Waals surface area contributed by atoms with Crippen molar-refractivity contribution in [3.63, 3.8) is 0 Å². The maximum Gasteiger partial charge on any atom is 0.307 e. The van der Waals surface area contributed by atoms with Gasteiger partial charge in [-0.2, -0.15) is 0 Å². The molecule has 0 saturated carbocycles. The van der Waals surface area contributed by atoms with E-state index in [-0.39, 0.29) is 54.2 Å². The summed E-state index contributed by atoms with van der Waals surface area (Å²) < 4.78 is 8.87. The molecule has 0 saturated heterocycles. The van der Waals surface area contributed by atoms with Crippen LogP contribution >= 0.6 is 0 Å². The number of carbonyl (C=O) groups excluding carboxylic acids is 4. The number of nitrogens with one attached hydrogen (secondary N) is 3. The maximum absolute atomic E-state index is 12.7. The second-order valence-electron chi connectivity index (χ2n) is 7.79. The molecule has 0 aliphatic rings. The molecule has 0 atom stereocenters. The van der Waals surface area contributed by atoms with Gasteiger partial charge in [0, 0.05) is 46.1 Å². The monoisotopic (exact) mass is 515 g/mol. The lowest BCUT2D eigenvalue weighted by Gasteiger charge is -2.04. The summed E-state index contributed by atoms with van der Waals surface area (Å²) in [4.78, 5) is 67.5. The molecule has 3 aromatic heterocycles. The van der Waals surface area contributed by atoms with Crippen molar-refractivity contribution in [1.82, 2.24) is 29.0 Å². The van der Waals surface area contributed by atoms with Gasteiger partial charge in [0.25, 0.3) is 23.4 Å². The second-order valence-corrected chi connectivity index (χ2v) is 7.79. The number of carbonyl (C=O) groups is 4. The highest BCUT2D eigenvalue weighted by atomic mass is 16.6. The fourth-order valence-corrected chi connectivity index (χ4v) is 3.29. The topological polar surface area (TPSA) is 197 Å². The Morgan fingerprint density at radius 3 is 2.03 bits per heavy atom. The number of anilines is 2. The third kappa shape index (κ3) is 6.36. The van der Waals surface area contributed by atoms with Crippen molar-refractivity contribution < 1.29 is 28.8 Å². The van der Waals surface area contributed by atoms with Crippen LogP contribution in [0.25, 0.3) is 0 Å². The Balaban J connectivity index is 1.64. The summed E-state index contributed by atoms with van der Waals surface area (Å²) in [6.07, 6.45) is 4.03. The summed E-state index contributed by atoms with van der Waals surface area (Å²) in [5.74, 6) is -2.24. The lowest BCUT2D eigenvalue weighted by atomic mass is 10.4. The molecule has 3 heterocycles. The molecule has 0 aliphatic carbocycles. The first-order chi connectivity index (χ1) is 17.5. The van der Waals surface area contributed by atoms with Crippen LogP contribution in [0.1, 0.15) is 45.1 Å². The number of hydrogen-bond donors (Lipinski definition) is 3. The molecule has 0 aliphatic heterocycles. The zero-order valence-corrected chi connectivity index (χ0v) is 20.5. The van der Waals surface area contributed by atoms with Crippen molar-refractivity contribution in [3.05, 3.63) is 52.1 Å². The van der Waals surface area contributed by atoms with Gasteiger partial charge in [-0.15, -0.1) is 0 Å². The molecule has 0 fully saturated rings. The van der Waals surface area contributed by atoms with Crippen molar-refractivity contribution >= 4 is 41.0 Å². The van der Waals surface area contributed by atoms with Gasteiger partial charge in [-0.05, 0) is 6.92 Å². The van der Waals surface area contributed by atoms with Gasteiger partial charge in [0.15, 0.2) is 11.6 Å². The molecule has 3 N–H and O–H groups in total. The van der Waals surface area contributed by atoms with Crippen LogP contribution in [0.3, 0.4) is 0 Å². The maximum atomic E-state index is 12.7. The van der Waals surface area contributed by atoms with E-state index in [1.807, 2.05) is 0 Å². The predicted molar refractivity (Wildman–Crippen MR) is 128 cm³/mol. The smallest absolute Gasteiger partial charge is 0.307 e. The fourth-order valence-electron chi connectivity index (χ4n) is 3.29. The molecule has 16 heteroatoms. The van der Waals surface area contributed by atoms with Gasteiger partial charge in [0.2, 0.25) is 11.6 Å². The largest absolute Gasteiger partial charge is 0.466 e. The Hall–Kier alpha value is -5.02. The van der Waals surface area contributed by atoms with E-state index in [1.54, 1.807) is 14.0 Å². The molecule has 0 radical (unpaired) electrons. The molecular weight excluding hydrogens is 490 g/mol. The molecule has 16 nitrogen and oxygen atoms in total. The number of amides is 3. The molecule has 0 bridgehead atoms. The fraction of sp³-hybridized carbons (Fsp3) is 0.333. The number of ether oxygens (including phenoxy) is 1. The number of rotatable bonds is 10. The van der Waals surface area contributed by atoms with Gasteiger partial charge in [-0.3, -0.25) is 29.3 Å². The standard InChI is InChI=1S/C21H25N9O7/c1-5-37-16(31)6-7-22-20(33)17-23-15(11-28(17)3)26-21(34)18-24-14(10-29(18)4)25-19(32)13-8-12(30(35)36)9-27(13)2/h8-11H,5-7H2,1-4H3,(H,22,33)(H,25,32)(H,26,34). The zero-order chi connectivity index (χ0) is 27.3. The Labute approximate surface area is 209 Å². The molecule has 0 aromatic carbocycles. The number of nitrogens with zero attached hydrogens (tertiary/aromatic N) is 6. The van der Waals surface area contributed by atoms with Gasteiger partial charge in [0.1, 0.15) is 5.69 Å². The van der Waals surface area contributed by atoms with E-state index in [9.17, 15) is 29.3 Å². The van der Waals surface area contributed by atoms with Crippen molar-refractivity contribution in [3.8, 4) is 0 Å². The number of aryl methyl sites for hydroxylation is 3. The Kier molecular flexibility index (Phi) is 8.01. The van der Waals surface area contributed by atoms with E-state index < -0.39 is 28.6 Å². The number of esters is 1. The van der Waals surface area contributed by atoms with Crippen LogP contribution < -0.4 is 16.0 Å². The molecule has 37 heavy (non-hydrogen) atoms. The first kappa shape index (κ1) is 26.6. The molecule has 0 spiro atoms. The van der Waals surface area contributed by atoms with Crippen LogP contribution in [0.2, 0.25) is 0 Å². The molecule has 0 unspecified atom stereocenters. The SMILES string of the molecule is CCOC(=O)CCNC(=O)c1nc(NC(=O)c2nc(NC(=O)c3cc([N+](=O)[O-])cn3C)cn2C)cn1C. The van der Waals surface area contributed by atoms with Crippen molar-refractivity contribution in [1.29, 1.82) is 0 Å². The quantitative estimate of drug-likeness (QED) is 0.196. The number of nitro groups is 1. The first-order valence-electron chi connectivity index (χ1n) is 10.9. The van der Waals surface area contributed by atoms with Crippen LogP contribution in [-0.4, -0.2) is 65.4 Å². The molecule has 3 amide bonds. The number of aromatic nitrogens is 5. The van der Waals surface area contributed by atoms with Gasteiger partial charge >= 0.3 is 5.97 Å². The van der Waals surface area contributed by atoms with Gasteiger partial charge in [-0.25, -0.2) is 9.97 Å². The molecule has 3 aromatic rings. The van der Waals surface area contributed by atoms with E-state index in [2.05, 4.69) is 25.9 Å². The second kappa shape index (κ2) is 11.1. The number of imidazole rings is 2. The van der Waals surface area contributed by atoms with Crippen molar-refractivity contribution in [2.75, 3.05) is 23.8 Å². The molecule has 3 rings (SSSR count). The number of hydrogen-bond acceptors (Lipinski definition) is 9. The average molecular weight is 515 g/mol. The van der Waals surface area contributed by atoms with Crippen LogP contribution in [0.15, 0.2) is 24.7 Å². The highest BCUT2D eigenvalue weighted by molar-refractivity contribution is 6.05. The van der Waals surface area contributed by atoms with Crippen molar-refractivity contribution in [2.24, 2.45) is 21.1 Å². The molecule has 196 valence electrons. The van der Waals surface area contributed by atoms with Crippen molar-refractivity contribution in [2.45, 2.75) is 13.3 Å². The summed E-state index contributed by atoms with van der Waals surface area (Å²) in [5, 5.41) is 18.5. The summed E-state index contributed by atoms with van der Waals surface area (Å²) >= 11 is 0. The first-order valence-corrected chi connectivity index (χ1v) is 10.9. The Morgan fingerprint density at radius 1 is 0.919 bits per heavy atom. The minimum Gasteiger partial charge on any atom is -0.466 e. The predicted octanol–water partition coefficient (Wildman–Crippen LogP) is 0.588. The van der Waals surface area contributed by atoms with E-state index in [4.69, 9.17) is 4.74 Å². The van der Waals surface area contributed by atoms with E-state index in [0.29, 0.717) is 0 Å². The van der Waals surface area contributed by atoms with Gasteiger partial charge in [0.05, 0.1) is 24.1 Å². The minimum atomic E-state index is -0.662. The van der Waals surface area contributed by atoms with E-state index in [1.165, 1.54) is 46.4 Å². The van der Waals surface area contributed by atoms with E-state index >= 15 is 0 Å². The summed E-state index contributed by atoms with van der Waals surface area (Å²) in [6.45, 7) is 1.99. The van der Waals surface area contributed by atoms with E-state index in [0.717, 1.165) is 6.07 Å². The van der Waals surface area contributed by atoms with Crippen LogP contribution in [0, 0.1) is 10.1 Å². The zero-order valence-electron chi connectivity index (χ0n) is 20.5. The lowest BCUT2D eigenvalue weighted by Crippen LogP contribution is -2.28. The normalized spacial score (nSPS) is 10.6. The summed E-state index contributed by atoms with van der Waals surface area (Å²) in [7, 11) is 4.58. The van der Waals surface area contributed by atoms with Crippen LogP contribution in [0.4, 0.5) is 17.3 Å². The molecular formula is C21H25N9O7. The van der Waals surface area contributed by atoms with Gasteiger partial charge < -0.3 is 34.4 Å². The highest BCUT2D eigenvalue weighted by Gasteiger charge is 2.21. The lowest BCUT2D eigenvalue weighted by molar-refractivity contribution is -0.384. The average Bonchev–Trinajstić information content (AvgIpc) is 3.50. The van der Waals surface area contributed by atoms with Crippen LogP contribution in [0.5, 0.6) is 0 Å². The van der Waals surface area contributed by atoms with Crippen LogP contribution in [-0.2, 0) is 30.7 Å². The Morgan fingerprint density at radius 2 is 1.49 bits per heavy atom. The Bertz CT molecular complexity index is 1370.